The smallest absolute Gasteiger partial charge is 0.166 e. The van der Waals surface area contributed by atoms with Crippen molar-refractivity contribution in [3.05, 3.63) is 0 Å². The van der Waals surface area contributed by atoms with E-state index in [9.17, 15) is 0 Å². The second-order valence-electron chi connectivity index (χ2n) is 2.55. The molecule has 0 unspecified atom stereocenters. The first kappa shape index (κ1) is 10.8. The Balaban J connectivity index is 3.84. The summed E-state index contributed by atoms with van der Waals surface area (Å²) >= 11 is 0. The van der Waals surface area contributed by atoms with Crippen LogP contribution >= 0.6 is 0 Å². The quantitative estimate of drug-likeness (QED) is 0.280. The maximum atomic E-state index is 8.77. The fourth-order valence-corrected chi connectivity index (χ4v) is 0.714. The average molecular weight is 166 g/mol. The van der Waals surface area contributed by atoms with Gasteiger partial charge in [-0.25, -0.2) is 0 Å². The fourth-order valence-electron chi connectivity index (χ4n) is 0.714. The molecule has 0 aromatic carbocycles. The van der Waals surface area contributed by atoms with Crippen molar-refractivity contribution in [2.45, 2.75) is 5.54 Å². The molecule has 0 saturated heterocycles. The van der Waals surface area contributed by atoms with Gasteiger partial charge in [0.1, 0.15) is 19.8 Å². The highest BCUT2D eigenvalue weighted by molar-refractivity contribution is 4.73. The van der Waals surface area contributed by atoms with Gasteiger partial charge < -0.3 is 25.7 Å². The van der Waals surface area contributed by atoms with E-state index in [-0.39, 0.29) is 26.4 Å². The van der Waals surface area contributed by atoms with Gasteiger partial charge in [-0.2, -0.15) is 0 Å². The van der Waals surface area contributed by atoms with E-state index in [1.807, 2.05) is 0 Å². The summed E-state index contributed by atoms with van der Waals surface area (Å²) in [5.41, 5.74) is -0.942. The van der Waals surface area contributed by atoms with Gasteiger partial charge in [0.05, 0.1) is 13.2 Å². The van der Waals surface area contributed by atoms with Crippen LogP contribution in [0.1, 0.15) is 0 Å². The van der Waals surface area contributed by atoms with Gasteiger partial charge in [-0.3, -0.25) is 0 Å². The van der Waals surface area contributed by atoms with Crippen molar-refractivity contribution >= 4 is 0 Å². The Morgan fingerprint density at radius 2 is 1.36 bits per heavy atom. The Morgan fingerprint density at radius 1 is 0.909 bits per heavy atom. The van der Waals surface area contributed by atoms with Gasteiger partial charge in [0.2, 0.25) is 0 Å². The van der Waals surface area contributed by atoms with Crippen molar-refractivity contribution in [2.75, 3.05) is 33.0 Å². The summed E-state index contributed by atoms with van der Waals surface area (Å²) in [4.78, 5) is 0. The van der Waals surface area contributed by atoms with Crippen LogP contribution < -0.4 is 5.32 Å². The van der Waals surface area contributed by atoms with Crippen LogP contribution in [-0.4, -0.2) is 58.9 Å². The lowest BCUT2D eigenvalue weighted by atomic mass is 10.0. The molecule has 0 fully saturated rings. The van der Waals surface area contributed by atoms with Crippen molar-refractivity contribution in [3.63, 3.8) is 0 Å². The number of quaternary nitrogens is 1. The summed E-state index contributed by atoms with van der Waals surface area (Å²) in [6, 6.07) is 0. The summed E-state index contributed by atoms with van der Waals surface area (Å²) in [6.45, 7) is -0.594. The predicted molar refractivity (Wildman–Crippen MR) is 37.9 cm³/mol. The van der Waals surface area contributed by atoms with E-state index in [2.05, 4.69) is 0 Å². The molecule has 5 nitrogen and oxygen atoms in total. The molecule has 0 heterocycles. The third-order valence-corrected chi connectivity index (χ3v) is 1.65. The van der Waals surface area contributed by atoms with Gasteiger partial charge >= 0.3 is 0 Å². The highest BCUT2D eigenvalue weighted by Crippen LogP contribution is 1.92. The molecule has 0 aliphatic heterocycles. The Kier molecular flexibility index (Phi) is 5.35. The summed E-state index contributed by atoms with van der Waals surface area (Å²) in [7, 11) is 0. The fraction of sp³-hybridized carbons (Fsp3) is 1.00. The highest BCUT2D eigenvalue weighted by Gasteiger charge is 2.31. The highest BCUT2D eigenvalue weighted by atomic mass is 16.3. The van der Waals surface area contributed by atoms with Crippen LogP contribution in [0, 0.1) is 0 Å². The molecule has 0 aliphatic rings. The van der Waals surface area contributed by atoms with Gasteiger partial charge in [-0.15, -0.1) is 0 Å². The largest absolute Gasteiger partial charge is 0.391 e. The molecule has 0 radical (unpaired) electrons. The number of hydrogen-bond acceptors (Lipinski definition) is 4. The lowest BCUT2D eigenvalue weighted by Gasteiger charge is -2.24. The third kappa shape index (κ3) is 3.13. The molecule has 0 saturated carbocycles. The van der Waals surface area contributed by atoms with E-state index in [0.29, 0.717) is 6.54 Å². The van der Waals surface area contributed by atoms with Crippen molar-refractivity contribution < 1.29 is 25.7 Å². The first-order valence-electron chi connectivity index (χ1n) is 3.52. The topological polar surface area (TPSA) is 97.5 Å². The van der Waals surface area contributed by atoms with Crippen molar-refractivity contribution in [1.29, 1.82) is 0 Å². The van der Waals surface area contributed by atoms with Gasteiger partial charge in [0.15, 0.2) is 5.54 Å². The number of hydrogen-bond donors (Lipinski definition) is 5. The van der Waals surface area contributed by atoms with E-state index in [1.165, 1.54) is 5.32 Å². The first-order valence-corrected chi connectivity index (χ1v) is 3.52. The zero-order chi connectivity index (χ0) is 8.74. The van der Waals surface area contributed by atoms with E-state index in [4.69, 9.17) is 20.4 Å². The molecule has 0 aliphatic carbocycles. The van der Waals surface area contributed by atoms with Crippen LogP contribution in [0.3, 0.4) is 0 Å². The molecule has 0 spiro atoms. The van der Waals surface area contributed by atoms with Crippen LogP contribution in [0.15, 0.2) is 0 Å². The molecule has 0 amide bonds. The first-order chi connectivity index (χ1) is 5.24. The molecule has 6 N–H and O–H groups in total. The van der Waals surface area contributed by atoms with Crippen LogP contribution in [0.5, 0.6) is 0 Å². The summed E-state index contributed by atoms with van der Waals surface area (Å²) in [5.74, 6) is 0. The molecular weight excluding hydrogens is 150 g/mol. The van der Waals surface area contributed by atoms with Gasteiger partial charge in [-0.1, -0.05) is 0 Å². The Labute approximate surface area is 65.3 Å². The number of rotatable bonds is 6. The van der Waals surface area contributed by atoms with Crippen molar-refractivity contribution in [3.8, 4) is 0 Å². The lowest BCUT2D eigenvalue weighted by molar-refractivity contribution is -0.733. The molecule has 0 rings (SSSR count). The Bertz CT molecular complexity index is 86.3. The third-order valence-electron chi connectivity index (χ3n) is 1.65. The van der Waals surface area contributed by atoms with Crippen molar-refractivity contribution in [2.24, 2.45) is 0 Å². The second-order valence-corrected chi connectivity index (χ2v) is 2.55. The predicted octanol–water partition coefficient (Wildman–Crippen LogP) is -3.74. The molecule has 5 heteroatoms. The standard InChI is InChI=1S/C6H15NO4/c8-2-1-7-6(3-9,4-10)5-11/h7-11H,1-5H2/p+1. The summed E-state index contributed by atoms with van der Waals surface area (Å²) in [6.07, 6.45) is 0. The van der Waals surface area contributed by atoms with E-state index >= 15 is 0 Å². The van der Waals surface area contributed by atoms with Crippen molar-refractivity contribution in [1.82, 2.24) is 0 Å². The average Bonchev–Trinajstić information content (AvgIpc) is 2.08. The van der Waals surface area contributed by atoms with E-state index in [1.54, 1.807) is 0 Å². The SMILES string of the molecule is OCC[NH2+]C(CO)(CO)CO. The van der Waals surface area contributed by atoms with Crippen LogP contribution in [-0.2, 0) is 0 Å². The van der Waals surface area contributed by atoms with E-state index in [0.717, 1.165) is 0 Å². The summed E-state index contributed by atoms with van der Waals surface area (Å²) in [5, 5.41) is 36.3. The normalized spacial score (nSPS) is 12.0. The lowest BCUT2D eigenvalue weighted by Crippen LogP contribution is -3.00. The number of nitrogens with two attached hydrogens (primary N) is 1. The minimum atomic E-state index is -0.942. The molecule has 11 heavy (non-hydrogen) atoms. The summed E-state index contributed by atoms with van der Waals surface area (Å²) < 4.78 is 0. The second kappa shape index (κ2) is 5.45. The van der Waals surface area contributed by atoms with Crippen LogP contribution in [0.4, 0.5) is 0 Å². The number of aliphatic hydroxyl groups excluding tert-OH is 4. The molecule has 0 aromatic rings. The van der Waals surface area contributed by atoms with Crippen LogP contribution in [0.2, 0.25) is 0 Å². The van der Waals surface area contributed by atoms with E-state index < -0.39 is 5.54 Å². The zero-order valence-corrected chi connectivity index (χ0v) is 6.40. The monoisotopic (exact) mass is 166 g/mol. The molecule has 0 atom stereocenters. The number of aliphatic hydroxyl groups is 4. The Hall–Kier alpha value is -0.200. The van der Waals surface area contributed by atoms with Gasteiger partial charge in [0.25, 0.3) is 0 Å². The minimum Gasteiger partial charge on any atom is -0.391 e. The molecule has 0 bridgehead atoms. The van der Waals surface area contributed by atoms with Gasteiger partial charge in [0, 0.05) is 0 Å². The van der Waals surface area contributed by atoms with Gasteiger partial charge in [-0.05, 0) is 0 Å². The minimum absolute atomic E-state index is 0.0399. The maximum Gasteiger partial charge on any atom is 0.166 e. The Morgan fingerprint density at radius 3 is 1.64 bits per heavy atom. The molecule has 68 valence electrons. The molecule has 0 aromatic heterocycles. The maximum absolute atomic E-state index is 8.77. The molecular formula is C6H16NO4+. The van der Waals surface area contributed by atoms with Crippen LogP contribution in [0.25, 0.3) is 0 Å². The zero-order valence-electron chi connectivity index (χ0n) is 6.40.